The van der Waals surface area contributed by atoms with E-state index in [0.717, 1.165) is 23.2 Å². The number of rotatable bonds is 2. The van der Waals surface area contributed by atoms with Gasteiger partial charge in [-0.05, 0) is 18.6 Å². The Morgan fingerprint density at radius 2 is 2.50 bits per heavy atom. The van der Waals surface area contributed by atoms with Crippen LogP contribution >= 0.6 is 11.8 Å². The van der Waals surface area contributed by atoms with Gasteiger partial charge < -0.3 is 4.98 Å². The van der Waals surface area contributed by atoms with E-state index in [9.17, 15) is 0 Å². The van der Waals surface area contributed by atoms with Crippen molar-refractivity contribution in [2.75, 3.05) is 0 Å². The van der Waals surface area contributed by atoms with Crippen LogP contribution in [0.4, 0.5) is 0 Å². The third kappa shape index (κ3) is 1.55. The van der Waals surface area contributed by atoms with Gasteiger partial charge in [0.2, 0.25) is 0 Å². The number of hydrogen-bond donors (Lipinski definition) is 1. The first-order chi connectivity index (χ1) is 4.86. The number of hydrogen-bond acceptors (Lipinski definition) is 2. The molecule has 1 heterocycles. The molecule has 0 fully saturated rings. The summed E-state index contributed by atoms with van der Waals surface area (Å²) in [5, 5.41) is 11.2. The van der Waals surface area contributed by atoms with Gasteiger partial charge in [0.15, 0.2) is 0 Å². The molecular formula is C7H8N2S. The van der Waals surface area contributed by atoms with E-state index < -0.39 is 0 Å². The molecule has 10 heavy (non-hydrogen) atoms. The van der Waals surface area contributed by atoms with E-state index >= 15 is 0 Å². The third-order valence-corrected chi connectivity index (χ3v) is 1.81. The lowest BCUT2D eigenvalue weighted by atomic mass is 10.4. The maximum Gasteiger partial charge on any atom is 0.140 e. The van der Waals surface area contributed by atoms with Crippen molar-refractivity contribution in [3.63, 3.8) is 0 Å². The van der Waals surface area contributed by atoms with Gasteiger partial charge in [-0.3, -0.25) is 0 Å². The Morgan fingerprint density at radius 3 is 3.00 bits per heavy atom. The molecule has 0 aromatic carbocycles. The quantitative estimate of drug-likeness (QED) is 0.521. The number of thiocyanates is 1. The third-order valence-electron chi connectivity index (χ3n) is 1.26. The van der Waals surface area contributed by atoms with Gasteiger partial charge in [-0.15, -0.1) is 0 Å². The summed E-state index contributed by atoms with van der Waals surface area (Å²) in [4.78, 5) is 3.10. The van der Waals surface area contributed by atoms with E-state index in [4.69, 9.17) is 5.26 Å². The highest BCUT2D eigenvalue weighted by Crippen LogP contribution is 2.14. The molecule has 0 aliphatic carbocycles. The molecule has 1 rings (SSSR count). The van der Waals surface area contributed by atoms with Gasteiger partial charge in [-0.1, -0.05) is 6.92 Å². The Hall–Kier alpha value is -0.880. The number of nitrogens with one attached hydrogen (secondary N) is 1. The van der Waals surface area contributed by atoms with Gasteiger partial charge in [-0.25, -0.2) is 0 Å². The van der Waals surface area contributed by atoms with Crippen molar-refractivity contribution in [3.05, 3.63) is 17.8 Å². The molecule has 0 aliphatic rings. The molecule has 0 unspecified atom stereocenters. The SMILES string of the molecule is CCc1ccc(SC#N)[nH]1. The first kappa shape index (κ1) is 7.23. The second-order valence-electron chi connectivity index (χ2n) is 1.89. The highest BCUT2D eigenvalue weighted by atomic mass is 32.2. The molecule has 0 saturated heterocycles. The van der Waals surface area contributed by atoms with Crippen LogP contribution in [0, 0.1) is 10.7 Å². The van der Waals surface area contributed by atoms with Crippen LogP contribution in [0.15, 0.2) is 17.2 Å². The van der Waals surface area contributed by atoms with Crippen LogP contribution < -0.4 is 0 Å². The second-order valence-corrected chi connectivity index (χ2v) is 2.72. The summed E-state index contributed by atoms with van der Waals surface area (Å²) in [7, 11) is 0. The average molecular weight is 152 g/mol. The summed E-state index contributed by atoms with van der Waals surface area (Å²) in [6.07, 6.45) is 0.992. The van der Waals surface area contributed by atoms with Crippen molar-refractivity contribution >= 4 is 11.8 Å². The van der Waals surface area contributed by atoms with Crippen LogP contribution in [0.25, 0.3) is 0 Å². The van der Waals surface area contributed by atoms with Crippen molar-refractivity contribution in [2.24, 2.45) is 0 Å². The minimum atomic E-state index is 0.930. The highest BCUT2D eigenvalue weighted by Gasteiger charge is 1.94. The Balaban J connectivity index is 2.70. The fraction of sp³-hybridized carbons (Fsp3) is 0.286. The lowest BCUT2D eigenvalue weighted by Gasteiger charge is -1.86. The fourth-order valence-electron chi connectivity index (χ4n) is 0.733. The molecule has 0 atom stereocenters. The van der Waals surface area contributed by atoms with E-state index in [1.165, 1.54) is 5.69 Å². The summed E-state index contributed by atoms with van der Waals surface area (Å²) in [6.45, 7) is 2.08. The topological polar surface area (TPSA) is 39.6 Å². The van der Waals surface area contributed by atoms with Crippen molar-refractivity contribution in [1.29, 1.82) is 5.26 Å². The Labute approximate surface area is 64.3 Å². The molecule has 0 amide bonds. The van der Waals surface area contributed by atoms with Crippen molar-refractivity contribution in [1.82, 2.24) is 4.98 Å². The van der Waals surface area contributed by atoms with Crippen LogP contribution in [-0.2, 0) is 6.42 Å². The summed E-state index contributed by atoms with van der Waals surface area (Å²) >= 11 is 1.16. The minimum Gasteiger partial charge on any atom is -0.353 e. The number of nitrogens with zero attached hydrogens (tertiary/aromatic N) is 1. The van der Waals surface area contributed by atoms with E-state index in [2.05, 4.69) is 11.9 Å². The zero-order valence-electron chi connectivity index (χ0n) is 5.72. The molecule has 0 saturated carbocycles. The lowest BCUT2D eigenvalue weighted by molar-refractivity contribution is 1.02. The number of nitriles is 1. The molecule has 0 aliphatic heterocycles. The molecule has 2 nitrogen and oxygen atoms in total. The van der Waals surface area contributed by atoms with Crippen molar-refractivity contribution in [2.45, 2.75) is 18.4 Å². The summed E-state index contributed by atoms with van der Waals surface area (Å²) in [6, 6.07) is 3.92. The normalized spacial score (nSPS) is 9.20. The minimum absolute atomic E-state index is 0.930. The van der Waals surface area contributed by atoms with Gasteiger partial charge in [0.05, 0.1) is 5.03 Å². The molecule has 0 bridgehead atoms. The summed E-state index contributed by atoms with van der Waals surface area (Å²) in [5.74, 6) is 0. The van der Waals surface area contributed by atoms with Gasteiger partial charge in [-0.2, -0.15) is 5.26 Å². The molecule has 1 aromatic heterocycles. The zero-order chi connectivity index (χ0) is 7.40. The van der Waals surface area contributed by atoms with Crippen molar-refractivity contribution < 1.29 is 0 Å². The molecule has 0 spiro atoms. The van der Waals surface area contributed by atoms with Crippen LogP contribution in [0.2, 0.25) is 0 Å². The van der Waals surface area contributed by atoms with E-state index in [1.54, 1.807) is 0 Å². The highest BCUT2D eigenvalue weighted by molar-refractivity contribution is 8.03. The summed E-state index contributed by atoms with van der Waals surface area (Å²) in [5.41, 5.74) is 1.18. The standard InChI is InChI=1S/C7H8N2S/c1-2-6-3-4-7(9-6)10-5-8/h3-4,9H,2H2,1H3. The maximum absolute atomic E-state index is 8.29. The first-order valence-corrected chi connectivity index (χ1v) is 3.92. The predicted octanol–water partition coefficient (Wildman–Crippen LogP) is 2.15. The Morgan fingerprint density at radius 1 is 1.70 bits per heavy atom. The van der Waals surface area contributed by atoms with Crippen LogP contribution in [-0.4, -0.2) is 4.98 Å². The van der Waals surface area contributed by atoms with Crippen LogP contribution in [0.5, 0.6) is 0 Å². The number of aromatic nitrogens is 1. The fourth-order valence-corrected chi connectivity index (χ4v) is 1.15. The molecule has 1 aromatic rings. The van der Waals surface area contributed by atoms with Gasteiger partial charge in [0.25, 0.3) is 0 Å². The lowest BCUT2D eigenvalue weighted by Crippen LogP contribution is -1.76. The van der Waals surface area contributed by atoms with Crippen LogP contribution in [0.1, 0.15) is 12.6 Å². The predicted molar refractivity (Wildman–Crippen MR) is 41.6 cm³/mol. The molecular weight excluding hydrogens is 144 g/mol. The Kier molecular flexibility index (Phi) is 2.41. The van der Waals surface area contributed by atoms with Gasteiger partial charge in [0, 0.05) is 17.5 Å². The number of aryl methyl sites for hydroxylation is 1. The van der Waals surface area contributed by atoms with E-state index in [1.807, 2.05) is 17.5 Å². The summed E-state index contributed by atoms with van der Waals surface area (Å²) < 4.78 is 0. The molecule has 52 valence electrons. The van der Waals surface area contributed by atoms with Gasteiger partial charge in [0.1, 0.15) is 5.40 Å². The number of thioether (sulfide) groups is 1. The second kappa shape index (κ2) is 3.33. The molecule has 0 radical (unpaired) electrons. The van der Waals surface area contributed by atoms with E-state index in [-0.39, 0.29) is 0 Å². The maximum atomic E-state index is 8.29. The van der Waals surface area contributed by atoms with Gasteiger partial charge >= 0.3 is 0 Å². The monoisotopic (exact) mass is 152 g/mol. The molecule has 1 N–H and O–H groups in total. The Bertz CT molecular complexity index is 246. The largest absolute Gasteiger partial charge is 0.353 e. The molecule has 3 heteroatoms. The average Bonchev–Trinajstić information content (AvgIpc) is 2.37. The smallest absolute Gasteiger partial charge is 0.140 e. The zero-order valence-corrected chi connectivity index (χ0v) is 6.53. The number of H-pyrrole nitrogens is 1. The van der Waals surface area contributed by atoms with Crippen molar-refractivity contribution in [3.8, 4) is 5.40 Å². The first-order valence-electron chi connectivity index (χ1n) is 3.10. The van der Waals surface area contributed by atoms with Crippen LogP contribution in [0.3, 0.4) is 0 Å². The number of aromatic amines is 1. The van der Waals surface area contributed by atoms with E-state index in [0.29, 0.717) is 0 Å².